The summed E-state index contributed by atoms with van der Waals surface area (Å²) >= 11 is 0. The molecule has 2 fully saturated rings. The lowest BCUT2D eigenvalue weighted by Gasteiger charge is -2.41. The molecular formula is C26H42N2O5. The van der Waals surface area contributed by atoms with Gasteiger partial charge in [0.25, 0.3) is 0 Å². The number of hydrogen-bond donors (Lipinski definition) is 1. The van der Waals surface area contributed by atoms with E-state index < -0.39 is 5.97 Å². The normalized spacial score (nSPS) is 18.2. The summed E-state index contributed by atoms with van der Waals surface area (Å²) in [5.74, 6) is 1.38. The largest absolute Gasteiger partial charge is 0.493 e. The molecule has 33 heavy (non-hydrogen) atoms. The Morgan fingerprint density at radius 2 is 1.67 bits per heavy atom. The van der Waals surface area contributed by atoms with Gasteiger partial charge in [-0.15, -0.1) is 0 Å². The van der Waals surface area contributed by atoms with Gasteiger partial charge in [-0.2, -0.15) is 0 Å². The van der Waals surface area contributed by atoms with Crippen LogP contribution < -0.4 is 14.2 Å². The summed E-state index contributed by atoms with van der Waals surface area (Å²) in [6, 6.07) is 4.85. The maximum absolute atomic E-state index is 10.6. The minimum absolute atomic E-state index is 0.239. The number of benzene rings is 1. The molecular weight excluding hydrogens is 420 g/mol. The maximum Gasteiger partial charge on any atom is 0.303 e. The van der Waals surface area contributed by atoms with E-state index in [-0.39, 0.29) is 6.42 Å². The first kappa shape index (κ1) is 25.6. The molecule has 1 aliphatic heterocycles. The van der Waals surface area contributed by atoms with Crippen molar-refractivity contribution in [3.05, 3.63) is 17.7 Å². The van der Waals surface area contributed by atoms with Crippen molar-refractivity contribution in [2.45, 2.75) is 76.8 Å². The zero-order chi connectivity index (χ0) is 23.5. The van der Waals surface area contributed by atoms with Gasteiger partial charge in [0.2, 0.25) is 5.75 Å². The third-order valence-electron chi connectivity index (χ3n) is 7.00. The van der Waals surface area contributed by atoms with Crippen LogP contribution in [0.2, 0.25) is 0 Å². The van der Waals surface area contributed by atoms with Crippen molar-refractivity contribution in [2.24, 2.45) is 0 Å². The first-order chi connectivity index (χ1) is 16.1. The van der Waals surface area contributed by atoms with Crippen LogP contribution in [0, 0.1) is 0 Å². The average Bonchev–Trinajstić information content (AvgIpc) is 2.84. The monoisotopic (exact) mass is 462 g/mol. The van der Waals surface area contributed by atoms with Gasteiger partial charge < -0.3 is 19.3 Å². The number of unbranched alkanes of at least 4 members (excludes halogenated alkanes) is 3. The number of aliphatic carboxylic acids is 1. The minimum atomic E-state index is -0.725. The number of ether oxygens (including phenoxy) is 3. The quantitative estimate of drug-likeness (QED) is 0.431. The van der Waals surface area contributed by atoms with Crippen LogP contribution in [0.15, 0.2) is 12.1 Å². The first-order valence-corrected chi connectivity index (χ1v) is 12.7. The van der Waals surface area contributed by atoms with E-state index in [1.54, 1.807) is 14.2 Å². The number of carboxylic acids is 1. The van der Waals surface area contributed by atoms with Crippen molar-refractivity contribution < 1.29 is 24.1 Å². The lowest BCUT2D eigenvalue weighted by atomic mass is 9.94. The molecule has 1 aliphatic carbocycles. The lowest BCUT2D eigenvalue weighted by Crippen LogP contribution is -2.50. The smallest absolute Gasteiger partial charge is 0.303 e. The highest BCUT2D eigenvalue weighted by Gasteiger charge is 2.26. The number of piperazine rings is 1. The zero-order valence-corrected chi connectivity index (χ0v) is 20.5. The van der Waals surface area contributed by atoms with Crippen LogP contribution in [0.3, 0.4) is 0 Å². The van der Waals surface area contributed by atoms with Gasteiger partial charge in [0, 0.05) is 50.7 Å². The van der Waals surface area contributed by atoms with Crippen LogP contribution in [-0.2, 0) is 11.3 Å². The highest BCUT2D eigenvalue weighted by Crippen LogP contribution is 2.40. The molecule has 1 aromatic carbocycles. The minimum Gasteiger partial charge on any atom is -0.493 e. The van der Waals surface area contributed by atoms with Gasteiger partial charge in [-0.05, 0) is 31.7 Å². The van der Waals surface area contributed by atoms with E-state index in [4.69, 9.17) is 19.3 Å². The molecule has 0 bridgehead atoms. The van der Waals surface area contributed by atoms with Crippen molar-refractivity contribution in [3.63, 3.8) is 0 Å². The van der Waals surface area contributed by atoms with Gasteiger partial charge >= 0.3 is 5.97 Å². The van der Waals surface area contributed by atoms with Crippen LogP contribution in [0.1, 0.15) is 69.8 Å². The van der Waals surface area contributed by atoms with Gasteiger partial charge in [0.15, 0.2) is 11.5 Å². The maximum atomic E-state index is 10.6. The van der Waals surface area contributed by atoms with Crippen LogP contribution in [-0.4, -0.2) is 73.9 Å². The van der Waals surface area contributed by atoms with Crippen molar-refractivity contribution in [2.75, 3.05) is 47.0 Å². The number of carboxylic acid groups (broad SMARTS) is 1. The Hall–Kier alpha value is -1.99. The summed E-state index contributed by atoms with van der Waals surface area (Å²) in [4.78, 5) is 15.9. The van der Waals surface area contributed by atoms with E-state index in [1.165, 1.54) is 32.1 Å². The number of hydrogen-bond acceptors (Lipinski definition) is 6. The van der Waals surface area contributed by atoms with E-state index >= 15 is 0 Å². The zero-order valence-electron chi connectivity index (χ0n) is 20.5. The molecule has 0 spiro atoms. The van der Waals surface area contributed by atoms with E-state index in [0.717, 1.165) is 75.8 Å². The Labute approximate surface area is 199 Å². The summed E-state index contributed by atoms with van der Waals surface area (Å²) in [6.45, 7) is 5.86. The van der Waals surface area contributed by atoms with Crippen molar-refractivity contribution in [3.8, 4) is 17.2 Å². The second-order valence-electron chi connectivity index (χ2n) is 9.30. The standard InChI is InChI=1S/C26H42N2O5/c1-31-23-14-13-21(20-27-15-17-28(18-16-27)22-10-6-5-7-11-22)25(26(23)32-2)33-19-9-4-3-8-12-24(29)30/h13-14,22H,3-12,15-20H2,1-2H3,(H,29,30). The molecule has 0 radical (unpaired) electrons. The Morgan fingerprint density at radius 3 is 2.33 bits per heavy atom. The molecule has 7 heteroatoms. The molecule has 0 aromatic heterocycles. The molecule has 0 unspecified atom stereocenters. The lowest BCUT2D eigenvalue weighted by molar-refractivity contribution is -0.137. The van der Waals surface area contributed by atoms with Gasteiger partial charge in [0.05, 0.1) is 20.8 Å². The molecule has 1 aromatic rings. The van der Waals surface area contributed by atoms with Gasteiger partial charge in [-0.1, -0.05) is 38.2 Å². The van der Waals surface area contributed by atoms with E-state index in [9.17, 15) is 4.79 Å². The molecule has 1 saturated heterocycles. The summed E-state index contributed by atoms with van der Waals surface area (Å²) < 4.78 is 17.4. The molecule has 1 N–H and O–H groups in total. The number of nitrogens with zero attached hydrogens (tertiary/aromatic N) is 2. The van der Waals surface area contributed by atoms with Gasteiger partial charge in [0.1, 0.15) is 0 Å². The number of methoxy groups -OCH3 is 2. The van der Waals surface area contributed by atoms with Crippen molar-refractivity contribution >= 4 is 5.97 Å². The summed E-state index contributed by atoms with van der Waals surface area (Å²) in [6.07, 6.45) is 10.6. The fourth-order valence-corrected chi connectivity index (χ4v) is 5.10. The summed E-state index contributed by atoms with van der Waals surface area (Å²) in [7, 11) is 3.30. The number of carbonyl (C=O) groups is 1. The summed E-state index contributed by atoms with van der Waals surface area (Å²) in [5.41, 5.74) is 1.13. The SMILES string of the molecule is COc1ccc(CN2CCN(C3CCCCC3)CC2)c(OCCCCCCC(=O)O)c1OC. The molecule has 186 valence electrons. The predicted molar refractivity (Wildman–Crippen MR) is 129 cm³/mol. The number of rotatable bonds is 13. The Balaban J connectivity index is 1.55. The fourth-order valence-electron chi connectivity index (χ4n) is 5.10. The first-order valence-electron chi connectivity index (χ1n) is 12.7. The Bertz CT molecular complexity index is 728. The van der Waals surface area contributed by atoms with Crippen molar-refractivity contribution in [1.29, 1.82) is 0 Å². The highest BCUT2D eigenvalue weighted by atomic mass is 16.5. The van der Waals surface area contributed by atoms with Crippen molar-refractivity contribution in [1.82, 2.24) is 9.80 Å². The van der Waals surface area contributed by atoms with E-state index in [1.807, 2.05) is 6.07 Å². The second kappa shape index (κ2) is 13.7. The average molecular weight is 463 g/mol. The molecule has 2 aliphatic rings. The Morgan fingerprint density at radius 1 is 0.939 bits per heavy atom. The second-order valence-corrected chi connectivity index (χ2v) is 9.30. The van der Waals surface area contributed by atoms with Crippen LogP contribution >= 0.6 is 0 Å². The molecule has 0 amide bonds. The summed E-state index contributed by atoms with van der Waals surface area (Å²) in [5, 5.41) is 8.76. The van der Waals surface area contributed by atoms with Gasteiger partial charge in [-0.3, -0.25) is 14.6 Å². The van der Waals surface area contributed by atoms with Gasteiger partial charge in [-0.25, -0.2) is 0 Å². The molecule has 3 rings (SSSR count). The topological polar surface area (TPSA) is 71.5 Å². The molecule has 1 heterocycles. The predicted octanol–water partition coefficient (Wildman–Crippen LogP) is 4.57. The van der Waals surface area contributed by atoms with Crippen LogP contribution in [0.5, 0.6) is 17.2 Å². The third-order valence-corrected chi connectivity index (χ3v) is 7.00. The highest BCUT2D eigenvalue weighted by molar-refractivity contribution is 5.66. The van der Waals surface area contributed by atoms with E-state index in [2.05, 4.69) is 15.9 Å². The van der Waals surface area contributed by atoms with Crippen LogP contribution in [0.25, 0.3) is 0 Å². The third kappa shape index (κ3) is 7.78. The van der Waals surface area contributed by atoms with Crippen LogP contribution in [0.4, 0.5) is 0 Å². The Kier molecular flexibility index (Phi) is 10.6. The molecule has 1 saturated carbocycles. The molecule has 0 atom stereocenters. The molecule has 7 nitrogen and oxygen atoms in total. The fraction of sp³-hybridized carbons (Fsp3) is 0.731. The van der Waals surface area contributed by atoms with E-state index in [0.29, 0.717) is 18.1 Å².